The predicted molar refractivity (Wildman–Crippen MR) is 121 cm³/mol. The molecule has 10 nitrogen and oxygen atoms in total. The number of hydrogen-bond acceptors (Lipinski definition) is 7. The molecule has 0 unspecified atom stereocenters. The number of hydrogen-bond donors (Lipinski definition) is 0. The summed E-state index contributed by atoms with van der Waals surface area (Å²) in [6, 6.07) is 12.5. The topological polar surface area (TPSA) is 113 Å². The molecular formula is C21H26N4O6S. The first-order valence-electron chi connectivity index (χ1n) is 10.3. The third kappa shape index (κ3) is 4.77. The normalized spacial score (nSPS) is 14.2. The van der Waals surface area contributed by atoms with Gasteiger partial charge in [0.15, 0.2) is 0 Å². The molecule has 3 rings (SSSR count). The van der Waals surface area contributed by atoms with Crippen LogP contribution in [0.5, 0.6) is 0 Å². The van der Waals surface area contributed by atoms with Crippen LogP contribution in [0.15, 0.2) is 53.4 Å². The van der Waals surface area contributed by atoms with E-state index in [9.17, 15) is 23.3 Å². The highest BCUT2D eigenvalue weighted by molar-refractivity contribution is 7.92. The number of nitrogens with zero attached hydrogens (tertiary/aromatic N) is 4. The number of anilines is 2. The number of ether oxygens (including phenoxy) is 1. The van der Waals surface area contributed by atoms with E-state index < -0.39 is 21.0 Å². The van der Waals surface area contributed by atoms with Crippen LogP contribution in [-0.2, 0) is 14.8 Å². The fraction of sp³-hybridized carbons (Fsp3) is 0.381. The van der Waals surface area contributed by atoms with Crippen molar-refractivity contribution in [2.75, 3.05) is 48.5 Å². The van der Waals surface area contributed by atoms with Gasteiger partial charge in [-0.3, -0.25) is 14.4 Å². The molecule has 0 N–H and O–H groups in total. The lowest BCUT2D eigenvalue weighted by atomic mass is 10.2. The SMILES string of the molecule is CCOC(=O)N1CCN(c2ccc(S(=O)(=O)N(CC)c3ccccc3)cc2[N+](=O)[O-])CC1. The van der Waals surface area contributed by atoms with E-state index in [2.05, 4.69) is 0 Å². The number of sulfonamides is 1. The van der Waals surface area contributed by atoms with E-state index in [0.717, 1.165) is 6.07 Å². The first-order valence-corrected chi connectivity index (χ1v) is 11.8. The Morgan fingerprint density at radius 3 is 2.31 bits per heavy atom. The minimum absolute atomic E-state index is 0.149. The van der Waals surface area contributed by atoms with Gasteiger partial charge in [-0.25, -0.2) is 13.2 Å². The standard InChI is InChI=1S/C21H26N4O6S/c1-3-24(17-8-6-5-7-9-17)32(29,30)18-10-11-19(20(16-18)25(27)28)22-12-14-23(15-13-22)21(26)31-4-2/h5-11,16H,3-4,12-15H2,1-2H3. The maximum absolute atomic E-state index is 13.2. The average molecular weight is 463 g/mol. The Morgan fingerprint density at radius 1 is 1.09 bits per heavy atom. The highest BCUT2D eigenvalue weighted by Crippen LogP contribution is 2.33. The molecule has 0 radical (unpaired) electrons. The molecule has 0 aromatic heterocycles. The van der Waals surface area contributed by atoms with Crippen LogP contribution in [0, 0.1) is 10.1 Å². The Labute approximate surface area is 187 Å². The highest BCUT2D eigenvalue weighted by atomic mass is 32.2. The van der Waals surface area contributed by atoms with Gasteiger partial charge < -0.3 is 14.5 Å². The molecule has 32 heavy (non-hydrogen) atoms. The summed E-state index contributed by atoms with van der Waals surface area (Å²) in [5.74, 6) is 0. The maximum Gasteiger partial charge on any atom is 0.409 e. The summed E-state index contributed by atoms with van der Waals surface area (Å²) in [5.41, 5.74) is 0.511. The molecule has 0 saturated carbocycles. The van der Waals surface area contributed by atoms with E-state index in [1.807, 2.05) is 0 Å². The molecule has 1 saturated heterocycles. The van der Waals surface area contributed by atoms with Gasteiger partial charge >= 0.3 is 6.09 Å². The van der Waals surface area contributed by atoms with Gasteiger partial charge in [-0.2, -0.15) is 0 Å². The molecule has 0 bridgehead atoms. The highest BCUT2D eigenvalue weighted by Gasteiger charge is 2.30. The second-order valence-electron chi connectivity index (χ2n) is 7.09. The summed E-state index contributed by atoms with van der Waals surface area (Å²) in [4.78, 5) is 26.3. The molecule has 0 aliphatic carbocycles. The van der Waals surface area contributed by atoms with Crippen molar-refractivity contribution in [3.8, 4) is 0 Å². The van der Waals surface area contributed by atoms with E-state index >= 15 is 0 Å². The third-order valence-electron chi connectivity index (χ3n) is 5.21. The lowest BCUT2D eigenvalue weighted by molar-refractivity contribution is -0.384. The number of piperazine rings is 1. The second kappa shape index (κ2) is 9.86. The van der Waals surface area contributed by atoms with Crippen molar-refractivity contribution < 1.29 is 22.9 Å². The van der Waals surface area contributed by atoms with E-state index in [1.54, 1.807) is 54.0 Å². The summed E-state index contributed by atoms with van der Waals surface area (Å²) >= 11 is 0. The average Bonchev–Trinajstić information content (AvgIpc) is 2.80. The van der Waals surface area contributed by atoms with E-state index in [4.69, 9.17) is 4.74 Å². The number of benzene rings is 2. The smallest absolute Gasteiger partial charge is 0.409 e. The number of para-hydroxylation sites is 1. The Morgan fingerprint density at radius 2 is 1.75 bits per heavy atom. The number of carbonyl (C=O) groups excluding carboxylic acids is 1. The van der Waals surface area contributed by atoms with E-state index in [-0.39, 0.29) is 23.7 Å². The zero-order chi connectivity index (χ0) is 23.3. The molecule has 0 atom stereocenters. The molecular weight excluding hydrogens is 436 g/mol. The van der Waals surface area contributed by atoms with Gasteiger partial charge in [-0.15, -0.1) is 0 Å². The van der Waals surface area contributed by atoms with Crippen LogP contribution in [0.4, 0.5) is 21.9 Å². The van der Waals surface area contributed by atoms with Gasteiger partial charge in [0.05, 0.1) is 22.1 Å². The largest absolute Gasteiger partial charge is 0.450 e. The lowest BCUT2D eigenvalue weighted by Crippen LogP contribution is -2.49. The first-order chi connectivity index (χ1) is 15.3. The van der Waals surface area contributed by atoms with Crippen LogP contribution >= 0.6 is 0 Å². The van der Waals surface area contributed by atoms with Crippen LogP contribution in [0.2, 0.25) is 0 Å². The summed E-state index contributed by atoms with van der Waals surface area (Å²) < 4.78 is 32.7. The third-order valence-corrected chi connectivity index (χ3v) is 7.11. The zero-order valence-electron chi connectivity index (χ0n) is 18.0. The minimum atomic E-state index is -3.99. The second-order valence-corrected chi connectivity index (χ2v) is 8.95. The van der Waals surface area contributed by atoms with Crippen molar-refractivity contribution in [2.24, 2.45) is 0 Å². The molecule has 2 aromatic carbocycles. The molecule has 172 valence electrons. The van der Waals surface area contributed by atoms with Crippen molar-refractivity contribution in [3.05, 3.63) is 58.6 Å². The van der Waals surface area contributed by atoms with Gasteiger partial charge in [0.25, 0.3) is 15.7 Å². The number of amides is 1. The fourth-order valence-corrected chi connectivity index (χ4v) is 5.13. The maximum atomic E-state index is 13.2. The molecule has 1 aliphatic rings. The van der Waals surface area contributed by atoms with Crippen molar-refractivity contribution in [1.82, 2.24) is 4.90 Å². The van der Waals surface area contributed by atoms with Crippen molar-refractivity contribution in [3.63, 3.8) is 0 Å². The van der Waals surface area contributed by atoms with Gasteiger partial charge in [-0.05, 0) is 38.1 Å². The van der Waals surface area contributed by atoms with Crippen LogP contribution in [0.1, 0.15) is 13.8 Å². The zero-order valence-corrected chi connectivity index (χ0v) is 18.8. The molecule has 1 fully saturated rings. The Bertz CT molecular complexity index is 1070. The van der Waals surface area contributed by atoms with E-state index in [0.29, 0.717) is 37.6 Å². The number of rotatable bonds is 7. The Kier molecular flexibility index (Phi) is 7.18. The van der Waals surface area contributed by atoms with Crippen LogP contribution in [-0.4, -0.2) is 63.7 Å². The molecule has 1 heterocycles. The number of carbonyl (C=O) groups is 1. The summed E-state index contributed by atoms with van der Waals surface area (Å²) in [7, 11) is -3.99. The van der Waals surface area contributed by atoms with Crippen molar-refractivity contribution in [1.29, 1.82) is 0 Å². The van der Waals surface area contributed by atoms with Gasteiger partial charge in [0.1, 0.15) is 5.69 Å². The minimum Gasteiger partial charge on any atom is -0.450 e. The lowest BCUT2D eigenvalue weighted by Gasteiger charge is -2.35. The van der Waals surface area contributed by atoms with Gasteiger partial charge in [0.2, 0.25) is 0 Å². The van der Waals surface area contributed by atoms with Gasteiger partial charge in [0, 0.05) is 38.8 Å². The number of nitro groups is 1. The van der Waals surface area contributed by atoms with Crippen LogP contribution in [0.25, 0.3) is 0 Å². The molecule has 11 heteroatoms. The molecule has 1 aliphatic heterocycles. The number of nitro benzene ring substituents is 1. The van der Waals surface area contributed by atoms with Crippen molar-refractivity contribution in [2.45, 2.75) is 18.7 Å². The quantitative estimate of drug-likeness (QED) is 0.459. The first kappa shape index (κ1) is 23.3. The van der Waals surface area contributed by atoms with Crippen LogP contribution in [0.3, 0.4) is 0 Å². The Balaban J connectivity index is 1.88. The van der Waals surface area contributed by atoms with E-state index in [1.165, 1.54) is 16.4 Å². The summed E-state index contributed by atoms with van der Waals surface area (Å²) in [6.07, 6.45) is -0.413. The van der Waals surface area contributed by atoms with Gasteiger partial charge in [-0.1, -0.05) is 18.2 Å². The molecule has 2 aromatic rings. The van der Waals surface area contributed by atoms with Crippen LogP contribution < -0.4 is 9.21 Å². The monoisotopic (exact) mass is 462 g/mol. The molecule has 1 amide bonds. The summed E-state index contributed by atoms with van der Waals surface area (Å²) in [5, 5.41) is 11.8. The Hall–Kier alpha value is -3.34. The van der Waals surface area contributed by atoms with Crippen molar-refractivity contribution >= 4 is 33.2 Å². The summed E-state index contributed by atoms with van der Waals surface area (Å²) in [6.45, 7) is 5.34. The molecule has 0 spiro atoms. The fourth-order valence-electron chi connectivity index (χ4n) is 3.63. The predicted octanol–water partition coefficient (Wildman–Crippen LogP) is 3.09.